The number of hydrogen-bond donors (Lipinski definition) is 2. The standard InChI is InChI=1S/C14H19NO2/c1-10(15-11-5-3-4-6-11)13-9-12(17-2)7-8-14(13)16/h3-4,7-11,15-16H,5-6H2,1-2H3. The first kappa shape index (κ1) is 12.0. The highest BCUT2D eigenvalue weighted by molar-refractivity contribution is 5.41. The van der Waals surface area contributed by atoms with Crippen LogP contribution in [0.15, 0.2) is 30.4 Å². The van der Waals surface area contributed by atoms with Gasteiger partial charge in [0, 0.05) is 17.6 Å². The highest BCUT2D eigenvalue weighted by Crippen LogP contribution is 2.29. The van der Waals surface area contributed by atoms with E-state index in [4.69, 9.17) is 4.74 Å². The largest absolute Gasteiger partial charge is 0.508 e. The Morgan fingerprint density at radius 2 is 2.06 bits per heavy atom. The molecule has 17 heavy (non-hydrogen) atoms. The summed E-state index contributed by atoms with van der Waals surface area (Å²) >= 11 is 0. The van der Waals surface area contributed by atoms with Gasteiger partial charge in [-0.15, -0.1) is 0 Å². The first-order valence-corrected chi connectivity index (χ1v) is 5.98. The highest BCUT2D eigenvalue weighted by Gasteiger charge is 2.17. The number of phenols is 1. The number of phenolic OH excluding ortho intramolecular Hbond substituents is 1. The lowest BCUT2D eigenvalue weighted by Crippen LogP contribution is -2.29. The van der Waals surface area contributed by atoms with Crippen molar-refractivity contribution in [3.05, 3.63) is 35.9 Å². The molecule has 0 spiro atoms. The summed E-state index contributed by atoms with van der Waals surface area (Å²) in [5, 5.41) is 13.4. The first-order chi connectivity index (χ1) is 8.20. The number of aromatic hydroxyl groups is 1. The minimum absolute atomic E-state index is 0.120. The number of rotatable bonds is 4. The van der Waals surface area contributed by atoms with Crippen LogP contribution in [0.5, 0.6) is 11.5 Å². The van der Waals surface area contributed by atoms with Crippen LogP contribution in [0, 0.1) is 0 Å². The lowest BCUT2D eigenvalue weighted by molar-refractivity contribution is 0.403. The van der Waals surface area contributed by atoms with E-state index in [-0.39, 0.29) is 6.04 Å². The maximum absolute atomic E-state index is 9.86. The Morgan fingerprint density at radius 3 is 2.71 bits per heavy atom. The summed E-state index contributed by atoms with van der Waals surface area (Å²) in [4.78, 5) is 0. The van der Waals surface area contributed by atoms with Crippen molar-refractivity contribution in [2.45, 2.75) is 31.8 Å². The fraction of sp³-hybridized carbons (Fsp3) is 0.429. The Kier molecular flexibility index (Phi) is 3.69. The van der Waals surface area contributed by atoms with Gasteiger partial charge in [-0.05, 0) is 38.0 Å². The molecule has 0 saturated heterocycles. The second-order valence-electron chi connectivity index (χ2n) is 4.45. The Balaban J connectivity index is 2.09. The van der Waals surface area contributed by atoms with Crippen LogP contribution in [-0.2, 0) is 0 Å². The van der Waals surface area contributed by atoms with Gasteiger partial charge in [-0.1, -0.05) is 12.2 Å². The summed E-state index contributed by atoms with van der Waals surface area (Å²) in [6.07, 6.45) is 6.51. The molecule has 2 rings (SSSR count). The zero-order valence-corrected chi connectivity index (χ0v) is 10.3. The van der Waals surface area contributed by atoms with E-state index in [0.717, 1.165) is 24.2 Å². The van der Waals surface area contributed by atoms with Gasteiger partial charge in [-0.25, -0.2) is 0 Å². The van der Waals surface area contributed by atoms with E-state index >= 15 is 0 Å². The Bertz CT molecular complexity index is 407. The normalized spacial score (nSPS) is 17.3. The molecular formula is C14H19NO2. The molecule has 1 atom stereocenters. The molecule has 1 unspecified atom stereocenters. The van der Waals surface area contributed by atoms with E-state index in [1.165, 1.54) is 0 Å². The fourth-order valence-electron chi connectivity index (χ4n) is 2.20. The fourth-order valence-corrected chi connectivity index (χ4v) is 2.20. The summed E-state index contributed by atoms with van der Waals surface area (Å²) in [6.45, 7) is 2.06. The number of methoxy groups -OCH3 is 1. The van der Waals surface area contributed by atoms with Gasteiger partial charge in [0.1, 0.15) is 11.5 Å². The second kappa shape index (κ2) is 5.23. The van der Waals surface area contributed by atoms with Gasteiger partial charge in [0.25, 0.3) is 0 Å². The third kappa shape index (κ3) is 2.80. The van der Waals surface area contributed by atoms with E-state index in [2.05, 4.69) is 24.4 Å². The van der Waals surface area contributed by atoms with Crippen molar-refractivity contribution in [2.24, 2.45) is 0 Å². The second-order valence-corrected chi connectivity index (χ2v) is 4.45. The minimum atomic E-state index is 0.120. The van der Waals surface area contributed by atoms with E-state index in [1.807, 2.05) is 6.07 Å². The summed E-state index contributed by atoms with van der Waals surface area (Å²) in [6, 6.07) is 5.93. The van der Waals surface area contributed by atoms with Gasteiger partial charge in [0.2, 0.25) is 0 Å². The minimum Gasteiger partial charge on any atom is -0.508 e. The van der Waals surface area contributed by atoms with Gasteiger partial charge in [-0.3, -0.25) is 0 Å². The lowest BCUT2D eigenvalue weighted by atomic mass is 10.1. The molecule has 0 radical (unpaired) electrons. The monoisotopic (exact) mass is 233 g/mol. The van der Waals surface area contributed by atoms with E-state index in [9.17, 15) is 5.11 Å². The summed E-state index contributed by atoms with van der Waals surface area (Å²) in [5.74, 6) is 1.09. The Morgan fingerprint density at radius 1 is 1.35 bits per heavy atom. The SMILES string of the molecule is COc1ccc(O)c(C(C)NC2CC=CC2)c1. The van der Waals surface area contributed by atoms with Gasteiger partial charge in [0.05, 0.1) is 7.11 Å². The molecule has 0 bridgehead atoms. The van der Waals surface area contributed by atoms with Crippen LogP contribution in [0.3, 0.4) is 0 Å². The Hall–Kier alpha value is -1.48. The van der Waals surface area contributed by atoms with Gasteiger partial charge in [-0.2, -0.15) is 0 Å². The third-order valence-electron chi connectivity index (χ3n) is 3.19. The predicted molar refractivity (Wildman–Crippen MR) is 68.4 cm³/mol. The molecular weight excluding hydrogens is 214 g/mol. The van der Waals surface area contributed by atoms with Crippen LogP contribution in [0.25, 0.3) is 0 Å². The maximum atomic E-state index is 9.86. The number of ether oxygens (including phenoxy) is 1. The molecule has 0 aromatic heterocycles. The number of nitrogens with one attached hydrogen (secondary N) is 1. The molecule has 0 fully saturated rings. The zero-order valence-electron chi connectivity index (χ0n) is 10.3. The van der Waals surface area contributed by atoms with Crippen molar-refractivity contribution in [3.63, 3.8) is 0 Å². The van der Waals surface area contributed by atoms with E-state index < -0.39 is 0 Å². The number of benzene rings is 1. The summed E-state index contributed by atoms with van der Waals surface area (Å²) < 4.78 is 5.18. The van der Waals surface area contributed by atoms with Crippen molar-refractivity contribution in [1.29, 1.82) is 0 Å². The van der Waals surface area contributed by atoms with Crippen LogP contribution in [-0.4, -0.2) is 18.3 Å². The smallest absolute Gasteiger partial charge is 0.120 e. The maximum Gasteiger partial charge on any atom is 0.120 e. The quantitative estimate of drug-likeness (QED) is 0.786. The Labute approximate surface area is 102 Å². The molecule has 3 heteroatoms. The number of hydrogen-bond acceptors (Lipinski definition) is 3. The molecule has 1 aromatic carbocycles. The van der Waals surface area contributed by atoms with Crippen LogP contribution in [0.1, 0.15) is 31.4 Å². The van der Waals surface area contributed by atoms with Crippen molar-refractivity contribution in [2.75, 3.05) is 7.11 Å². The topological polar surface area (TPSA) is 41.5 Å². The molecule has 1 aliphatic rings. The molecule has 0 saturated carbocycles. The molecule has 1 aromatic rings. The van der Waals surface area contributed by atoms with Crippen molar-refractivity contribution < 1.29 is 9.84 Å². The average molecular weight is 233 g/mol. The van der Waals surface area contributed by atoms with Gasteiger partial charge < -0.3 is 15.2 Å². The van der Waals surface area contributed by atoms with Crippen LogP contribution < -0.4 is 10.1 Å². The summed E-state index contributed by atoms with van der Waals surface area (Å²) in [7, 11) is 1.63. The average Bonchev–Trinajstić information content (AvgIpc) is 2.82. The lowest BCUT2D eigenvalue weighted by Gasteiger charge is -2.20. The predicted octanol–water partition coefficient (Wildman–Crippen LogP) is 2.77. The van der Waals surface area contributed by atoms with Crippen molar-refractivity contribution in [1.82, 2.24) is 5.32 Å². The van der Waals surface area contributed by atoms with Crippen molar-refractivity contribution in [3.8, 4) is 11.5 Å². The summed E-state index contributed by atoms with van der Waals surface area (Å²) in [5.41, 5.74) is 0.885. The zero-order chi connectivity index (χ0) is 12.3. The molecule has 92 valence electrons. The molecule has 0 amide bonds. The third-order valence-corrected chi connectivity index (χ3v) is 3.19. The van der Waals surface area contributed by atoms with Crippen molar-refractivity contribution >= 4 is 0 Å². The molecule has 2 N–H and O–H groups in total. The first-order valence-electron chi connectivity index (χ1n) is 5.98. The van der Waals surface area contributed by atoms with Gasteiger partial charge >= 0.3 is 0 Å². The molecule has 0 heterocycles. The molecule has 3 nitrogen and oxygen atoms in total. The van der Waals surface area contributed by atoms with Crippen LogP contribution >= 0.6 is 0 Å². The molecule has 0 aliphatic heterocycles. The van der Waals surface area contributed by atoms with Crippen LogP contribution in [0.2, 0.25) is 0 Å². The highest BCUT2D eigenvalue weighted by atomic mass is 16.5. The molecule has 1 aliphatic carbocycles. The van der Waals surface area contributed by atoms with Gasteiger partial charge in [0.15, 0.2) is 0 Å². The van der Waals surface area contributed by atoms with E-state index in [0.29, 0.717) is 11.8 Å². The van der Waals surface area contributed by atoms with E-state index in [1.54, 1.807) is 19.2 Å². The van der Waals surface area contributed by atoms with Crippen LogP contribution in [0.4, 0.5) is 0 Å².